The van der Waals surface area contributed by atoms with Crippen LogP contribution in [0.4, 0.5) is 5.95 Å². The van der Waals surface area contributed by atoms with Gasteiger partial charge in [-0.1, -0.05) is 0 Å². The van der Waals surface area contributed by atoms with Crippen molar-refractivity contribution in [2.45, 2.75) is 12.8 Å². The van der Waals surface area contributed by atoms with Gasteiger partial charge < -0.3 is 14.5 Å². The monoisotopic (exact) mass is 382 g/mol. The number of piperazine rings is 1. The molecule has 2 aliphatic heterocycles. The number of hydrogen-bond acceptors (Lipinski definition) is 8. The molecule has 2 fully saturated rings. The molecule has 0 aliphatic carbocycles. The zero-order valence-electron chi connectivity index (χ0n) is 14.4. The summed E-state index contributed by atoms with van der Waals surface area (Å²) in [6.45, 7) is 1.94. The van der Waals surface area contributed by atoms with Gasteiger partial charge in [0.15, 0.2) is 16.4 Å². The molecule has 0 saturated carbocycles. The van der Waals surface area contributed by atoms with Crippen molar-refractivity contribution in [1.82, 2.24) is 14.9 Å². The summed E-state index contributed by atoms with van der Waals surface area (Å²) < 4.78 is 27.8. The van der Waals surface area contributed by atoms with E-state index >= 15 is 0 Å². The van der Waals surface area contributed by atoms with E-state index in [0.717, 1.165) is 0 Å². The van der Waals surface area contributed by atoms with E-state index in [9.17, 15) is 18.0 Å². The number of rotatable bonds is 5. The Hall–Kier alpha value is -2.23. The maximum Gasteiger partial charge on any atom is 0.306 e. The summed E-state index contributed by atoms with van der Waals surface area (Å²) in [5, 5.41) is 0. The first-order chi connectivity index (χ1) is 12.4. The summed E-state index contributed by atoms with van der Waals surface area (Å²) in [6, 6.07) is 1.75. The van der Waals surface area contributed by atoms with Crippen molar-refractivity contribution in [3.63, 3.8) is 0 Å². The molecule has 2 aliphatic rings. The first-order valence-corrected chi connectivity index (χ1v) is 10.4. The molecule has 0 N–H and O–H groups in total. The van der Waals surface area contributed by atoms with Gasteiger partial charge in [-0.3, -0.25) is 9.59 Å². The van der Waals surface area contributed by atoms with Crippen LogP contribution in [0.15, 0.2) is 18.5 Å². The van der Waals surface area contributed by atoms with Crippen molar-refractivity contribution >= 4 is 27.7 Å². The van der Waals surface area contributed by atoms with Crippen LogP contribution in [-0.4, -0.2) is 79.5 Å². The number of esters is 1. The lowest BCUT2D eigenvalue weighted by molar-refractivity contribution is -0.152. The zero-order valence-corrected chi connectivity index (χ0v) is 15.2. The molecule has 0 radical (unpaired) electrons. The van der Waals surface area contributed by atoms with E-state index in [4.69, 9.17) is 4.74 Å². The first-order valence-electron chi connectivity index (χ1n) is 8.59. The van der Waals surface area contributed by atoms with E-state index in [2.05, 4.69) is 9.97 Å². The highest BCUT2D eigenvalue weighted by molar-refractivity contribution is 7.91. The molecule has 1 aromatic heterocycles. The Morgan fingerprint density at radius 3 is 2.46 bits per heavy atom. The van der Waals surface area contributed by atoms with Crippen LogP contribution in [0.1, 0.15) is 12.8 Å². The Morgan fingerprint density at radius 2 is 1.85 bits per heavy atom. The summed E-state index contributed by atoms with van der Waals surface area (Å²) >= 11 is 0. The third kappa shape index (κ3) is 4.90. The number of anilines is 1. The number of nitrogens with zero attached hydrogens (tertiary/aromatic N) is 4. The van der Waals surface area contributed by atoms with Crippen LogP contribution < -0.4 is 4.90 Å². The molecule has 142 valence electrons. The lowest BCUT2D eigenvalue weighted by atomic mass is 10.1. The van der Waals surface area contributed by atoms with Gasteiger partial charge in [0.2, 0.25) is 5.95 Å². The topological polar surface area (TPSA) is 110 Å². The molecule has 1 amide bonds. The van der Waals surface area contributed by atoms with Gasteiger partial charge in [0, 0.05) is 45.0 Å². The van der Waals surface area contributed by atoms with Gasteiger partial charge in [-0.2, -0.15) is 0 Å². The average Bonchev–Trinajstić information content (AvgIpc) is 2.99. The lowest BCUT2D eigenvalue weighted by Crippen LogP contribution is -2.50. The molecule has 3 rings (SSSR count). The summed E-state index contributed by atoms with van der Waals surface area (Å²) in [6.07, 6.45) is 3.88. The van der Waals surface area contributed by atoms with Gasteiger partial charge >= 0.3 is 5.97 Å². The van der Waals surface area contributed by atoms with E-state index in [1.54, 1.807) is 23.4 Å². The van der Waals surface area contributed by atoms with E-state index in [0.29, 0.717) is 38.5 Å². The Morgan fingerprint density at radius 1 is 1.15 bits per heavy atom. The maximum absolute atomic E-state index is 12.2. The third-order valence-corrected chi connectivity index (χ3v) is 6.44. The summed E-state index contributed by atoms with van der Waals surface area (Å²) in [5.74, 6) is -0.170. The van der Waals surface area contributed by atoms with Gasteiger partial charge in [0.25, 0.3) is 5.91 Å². The third-order valence-electron chi connectivity index (χ3n) is 4.61. The first kappa shape index (κ1) is 18.6. The number of hydrogen-bond donors (Lipinski definition) is 0. The van der Waals surface area contributed by atoms with E-state index in [1.165, 1.54) is 0 Å². The number of carbonyl (C=O) groups is 2. The second-order valence-corrected chi connectivity index (χ2v) is 8.78. The van der Waals surface area contributed by atoms with Crippen molar-refractivity contribution in [2.75, 3.05) is 49.2 Å². The lowest BCUT2D eigenvalue weighted by Gasteiger charge is -2.34. The number of sulfone groups is 1. The van der Waals surface area contributed by atoms with Gasteiger partial charge in [-0.15, -0.1) is 0 Å². The average molecular weight is 382 g/mol. The number of amides is 1. The molecule has 9 nitrogen and oxygen atoms in total. The molecule has 0 aromatic carbocycles. The Balaban J connectivity index is 1.38. The zero-order chi connectivity index (χ0) is 18.6. The maximum atomic E-state index is 12.2. The molecule has 1 aromatic rings. The molecule has 26 heavy (non-hydrogen) atoms. The van der Waals surface area contributed by atoms with E-state index in [-0.39, 0.29) is 36.4 Å². The largest absolute Gasteiger partial charge is 0.456 e. The Labute approximate surface area is 152 Å². The van der Waals surface area contributed by atoms with Crippen molar-refractivity contribution in [2.24, 2.45) is 5.92 Å². The Bertz CT molecular complexity index is 747. The fraction of sp³-hybridized carbons (Fsp3) is 0.625. The second-order valence-electron chi connectivity index (χ2n) is 6.55. The quantitative estimate of drug-likeness (QED) is 0.627. The molecule has 2 saturated heterocycles. The SMILES string of the molecule is O=C(C[C@H]1CCS(=O)(=O)C1)OCC(=O)N1CCN(c2ncccn2)CC1. The predicted octanol–water partition coefficient (Wildman–Crippen LogP) is -0.507. The fourth-order valence-electron chi connectivity index (χ4n) is 3.17. The highest BCUT2D eigenvalue weighted by atomic mass is 32.2. The minimum absolute atomic E-state index is 0.0273. The van der Waals surface area contributed by atoms with Crippen LogP contribution in [-0.2, 0) is 24.2 Å². The molecule has 1 atom stereocenters. The normalized spacial score (nSPS) is 22.2. The molecule has 10 heteroatoms. The minimum atomic E-state index is -3.02. The molecular formula is C16H22N4O5S. The molecule has 3 heterocycles. The predicted molar refractivity (Wildman–Crippen MR) is 93.2 cm³/mol. The number of ether oxygens (including phenoxy) is 1. The highest BCUT2D eigenvalue weighted by Crippen LogP contribution is 2.21. The van der Waals surface area contributed by atoms with E-state index in [1.807, 2.05) is 4.90 Å². The van der Waals surface area contributed by atoms with Crippen LogP contribution in [0, 0.1) is 5.92 Å². The molecular weight excluding hydrogens is 360 g/mol. The van der Waals surface area contributed by atoms with E-state index < -0.39 is 15.8 Å². The van der Waals surface area contributed by atoms with Crippen LogP contribution >= 0.6 is 0 Å². The highest BCUT2D eigenvalue weighted by Gasteiger charge is 2.30. The van der Waals surface area contributed by atoms with Gasteiger partial charge in [-0.25, -0.2) is 18.4 Å². The van der Waals surface area contributed by atoms with Gasteiger partial charge in [0.1, 0.15) is 0 Å². The standard InChI is InChI=1S/C16H22N4O5S/c21-14(11-25-15(22)10-13-2-9-26(23,24)12-13)19-5-7-20(8-6-19)16-17-3-1-4-18-16/h1,3-4,13H,2,5-12H2/t13-/m1/s1. The van der Waals surface area contributed by atoms with Crippen molar-refractivity contribution in [3.05, 3.63) is 18.5 Å². The summed E-state index contributed by atoms with van der Waals surface area (Å²) in [7, 11) is -3.02. The van der Waals surface area contributed by atoms with Crippen LogP contribution in [0.25, 0.3) is 0 Å². The van der Waals surface area contributed by atoms with Crippen LogP contribution in [0.2, 0.25) is 0 Å². The van der Waals surface area contributed by atoms with Crippen molar-refractivity contribution in [3.8, 4) is 0 Å². The van der Waals surface area contributed by atoms with Crippen molar-refractivity contribution < 1.29 is 22.7 Å². The fourth-order valence-corrected chi connectivity index (χ4v) is 5.03. The van der Waals surface area contributed by atoms with Gasteiger partial charge in [-0.05, 0) is 18.4 Å². The molecule has 0 unspecified atom stereocenters. The van der Waals surface area contributed by atoms with Crippen molar-refractivity contribution in [1.29, 1.82) is 0 Å². The molecule has 0 bridgehead atoms. The Kier molecular flexibility index (Phi) is 5.70. The number of carbonyl (C=O) groups excluding carboxylic acids is 2. The second kappa shape index (κ2) is 7.98. The number of aromatic nitrogens is 2. The van der Waals surface area contributed by atoms with Crippen LogP contribution in [0.5, 0.6) is 0 Å². The summed E-state index contributed by atoms with van der Waals surface area (Å²) in [4.78, 5) is 36.0. The van der Waals surface area contributed by atoms with Crippen LogP contribution in [0.3, 0.4) is 0 Å². The summed E-state index contributed by atoms with van der Waals surface area (Å²) in [5.41, 5.74) is 0. The molecule has 0 spiro atoms. The van der Waals surface area contributed by atoms with Gasteiger partial charge in [0.05, 0.1) is 11.5 Å². The minimum Gasteiger partial charge on any atom is -0.456 e. The smallest absolute Gasteiger partial charge is 0.306 e.